The van der Waals surface area contributed by atoms with Crippen molar-refractivity contribution in [2.24, 2.45) is 24.8 Å². The summed E-state index contributed by atoms with van der Waals surface area (Å²) in [4.78, 5) is 7.62. The number of aryl methyl sites for hydroxylation is 1. The molecule has 3 nitrogen and oxygen atoms in total. The van der Waals surface area contributed by atoms with Crippen molar-refractivity contribution in [3.63, 3.8) is 0 Å². The van der Waals surface area contributed by atoms with Gasteiger partial charge in [-0.05, 0) is 42.6 Å². The molecule has 1 aromatic carbocycles. The summed E-state index contributed by atoms with van der Waals surface area (Å²) in [6, 6.07) is 12.0. The number of hydrogen-bond donors (Lipinski definition) is 0. The predicted octanol–water partition coefficient (Wildman–Crippen LogP) is 22.0. The number of imidazole rings is 1. The van der Waals surface area contributed by atoms with Crippen LogP contribution in [0.3, 0.4) is 0 Å². The zero-order valence-corrected chi connectivity index (χ0v) is 48.4. The summed E-state index contributed by atoms with van der Waals surface area (Å²) >= 11 is 0. The smallest absolute Gasteiger partial charge is 0.109 e. The predicted molar refractivity (Wildman–Crippen MR) is 312 cm³/mol. The topological polar surface area (TPSA) is 21.1 Å². The minimum absolute atomic E-state index is 0. The summed E-state index contributed by atoms with van der Waals surface area (Å²) in [5.41, 5.74) is 1.46. The van der Waals surface area contributed by atoms with Crippen molar-refractivity contribution in [2.45, 2.75) is 330 Å². The van der Waals surface area contributed by atoms with Gasteiger partial charge in [0.1, 0.15) is 5.82 Å². The highest BCUT2D eigenvalue weighted by Gasteiger charge is 2.21. The van der Waals surface area contributed by atoms with Gasteiger partial charge in [-0.25, -0.2) is 4.98 Å². The van der Waals surface area contributed by atoms with E-state index in [4.69, 9.17) is 4.98 Å². The first kappa shape index (κ1) is 65.7. The molecule has 0 aliphatic heterocycles. The average molecular weight is 981 g/mol. The summed E-state index contributed by atoms with van der Waals surface area (Å²) < 4.78 is 2.23. The van der Waals surface area contributed by atoms with Crippen molar-refractivity contribution in [1.82, 2.24) is 14.5 Å². The summed E-state index contributed by atoms with van der Waals surface area (Å²) in [5, 5.41) is 0. The Morgan fingerprint density at radius 3 is 1.26 bits per heavy atom. The SMILES string of the molecule is CCCCCCCCCCCCCCCCCCC(CCCCCCCCCCCCCCCCCC)CCCCC(CCC(C)CCCC(C)C)N(CCc1nccn1C)Cc1ccccc1.Cl. The third kappa shape index (κ3) is 39.8. The van der Waals surface area contributed by atoms with Crippen molar-refractivity contribution >= 4 is 12.4 Å². The van der Waals surface area contributed by atoms with Gasteiger partial charge in [0.05, 0.1) is 0 Å². The van der Waals surface area contributed by atoms with Crippen molar-refractivity contribution in [3.8, 4) is 0 Å². The van der Waals surface area contributed by atoms with Crippen LogP contribution in [0, 0.1) is 17.8 Å². The Bertz CT molecular complexity index is 1260. The fourth-order valence-corrected chi connectivity index (χ4v) is 11.3. The molecule has 0 bridgehead atoms. The highest BCUT2D eigenvalue weighted by Crippen LogP contribution is 2.28. The first-order valence-electron chi connectivity index (χ1n) is 31.2. The summed E-state index contributed by atoms with van der Waals surface area (Å²) in [6.07, 6.45) is 67.3. The van der Waals surface area contributed by atoms with Gasteiger partial charge in [-0.15, -0.1) is 12.4 Å². The van der Waals surface area contributed by atoms with E-state index in [-0.39, 0.29) is 12.4 Å². The lowest BCUT2D eigenvalue weighted by molar-refractivity contribution is 0.157. The second kappa shape index (κ2) is 48.9. The number of nitrogens with zero attached hydrogens (tertiary/aromatic N) is 3. The van der Waals surface area contributed by atoms with Crippen LogP contribution in [-0.4, -0.2) is 27.0 Å². The first-order chi connectivity index (χ1) is 33.4. The Morgan fingerprint density at radius 1 is 0.449 bits per heavy atom. The molecule has 0 aliphatic carbocycles. The molecule has 1 heterocycles. The molecule has 4 heteroatoms. The molecule has 69 heavy (non-hydrogen) atoms. The standard InChI is InChI=1S/C65H121N3.ClH/c1-7-9-11-13-15-17-19-21-23-25-27-29-31-33-35-38-47-62(48-39-36-34-32-30-28-26-24-22-20-18-16-14-12-10-8-2)49-42-43-52-64(54-53-61(5)46-44-45-60(3)4)68(59-63-50-40-37-41-51-63)57-55-65-66-56-58-67(65)6;/h37,40-41,50-51,56,58,60-62,64H,7-36,38-39,42-49,52-55,57,59H2,1-6H3;1H. The summed E-state index contributed by atoms with van der Waals surface area (Å²) in [6.45, 7) is 14.1. The van der Waals surface area contributed by atoms with Crippen LogP contribution in [-0.2, 0) is 20.0 Å². The van der Waals surface area contributed by atoms with Gasteiger partial charge in [-0.3, -0.25) is 4.90 Å². The molecule has 0 radical (unpaired) electrons. The molecule has 0 spiro atoms. The van der Waals surface area contributed by atoms with Crippen LogP contribution in [0.15, 0.2) is 42.7 Å². The maximum atomic E-state index is 4.75. The fraction of sp³-hybridized carbons (Fsp3) is 0.862. The summed E-state index contributed by atoms with van der Waals surface area (Å²) in [5.74, 6) is 3.79. The molecule has 0 aliphatic rings. The molecule has 404 valence electrons. The third-order valence-electron chi connectivity index (χ3n) is 16.1. The first-order valence-corrected chi connectivity index (χ1v) is 31.2. The maximum Gasteiger partial charge on any atom is 0.109 e. The second-order valence-electron chi connectivity index (χ2n) is 23.2. The molecule has 0 saturated heterocycles. The highest BCUT2D eigenvalue weighted by molar-refractivity contribution is 5.85. The van der Waals surface area contributed by atoms with E-state index in [0.29, 0.717) is 6.04 Å². The van der Waals surface area contributed by atoms with Gasteiger partial charge in [0, 0.05) is 45.0 Å². The zero-order valence-electron chi connectivity index (χ0n) is 47.6. The number of halogens is 1. The Kier molecular flexibility index (Phi) is 46.6. The average Bonchev–Trinajstić information content (AvgIpc) is 3.76. The van der Waals surface area contributed by atoms with E-state index in [9.17, 15) is 0 Å². The van der Waals surface area contributed by atoms with Gasteiger partial charge in [-0.2, -0.15) is 0 Å². The molecule has 2 aromatic rings. The van der Waals surface area contributed by atoms with Gasteiger partial charge in [0.25, 0.3) is 0 Å². The van der Waals surface area contributed by atoms with Crippen LogP contribution in [0.5, 0.6) is 0 Å². The lowest BCUT2D eigenvalue weighted by Crippen LogP contribution is -2.37. The van der Waals surface area contributed by atoms with E-state index in [2.05, 4.69) is 87.7 Å². The van der Waals surface area contributed by atoms with E-state index in [1.807, 2.05) is 6.20 Å². The van der Waals surface area contributed by atoms with Crippen molar-refractivity contribution in [1.29, 1.82) is 0 Å². The van der Waals surface area contributed by atoms with Crippen LogP contribution >= 0.6 is 12.4 Å². The number of aromatic nitrogens is 2. The van der Waals surface area contributed by atoms with Gasteiger partial charge in [0.2, 0.25) is 0 Å². The molecule has 2 unspecified atom stereocenters. The normalized spacial score (nSPS) is 12.7. The van der Waals surface area contributed by atoms with Gasteiger partial charge >= 0.3 is 0 Å². The maximum absolute atomic E-state index is 4.75. The van der Waals surface area contributed by atoms with Crippen LogP contribution in [0.2, 0.25) is 0 Å². The number of rotatable bonds is 52. The van der Waals surface area contributed by atoms with E-state index in [1.165, 1.54) is 287 Å². The molecule has 0 N–H and O–H groups in total. The fourth-order valence-electron chi connectivity index (χ4n) is 11.3. The number of hydrogen-bond acceptors (Lipinski definition) is 2. The second-order valence-corrected chi connectivity index (χ2v) is 23.2. The van der Waals surface area contributed by atoms with Crippen molar-refractivity contribution in [3.05, 3.63) is 54.1 Å². The van der Waals surface area contributed by atoms with E-state index >= 15 is 0 Å². The minimum atomic E-state index is 0. The third-order valence-corrected chi connectivity index (χ3v) is 16.1. The van der Waals surface area contributed by atoms with Crippen LogP contribution < -0.4 is 0 Å². The van der Waals surface area contributed by atoms with E-state index in [1.54, 1.807) is 0 Å². The van der Waals surface area contributed by atoms with Crippen molar-refractivity contribution in [2.75, 3.05) is 6.54 Å². The van der Waals surface area contributed by atoms with Crippen molar-refractivity contribution < 1.29 is 0 Å². The number of benzene rings is 1. The van der Waals surface area contributed by atoms with E-state index in [0.717, 1.165) is 37.3 Å². The molecule has 1 aromatic heterocycles. The molecule has 0 saturated carbocycles. The lowest BCUT2D eigenvalue weighted by atomic mass is 9.88. The quantitative estimate of drug-likeness (QED) is 0.0616. The van der Waals surface area contributed by atoms with Gasteiger partial charge in [0.15, 0.2) is 0 Å². The molecular formula is C65H122ClN3. The Hall–Kier alpha value is -1.32. The monoisotopic (exact) mass is 980 g/mol. The molecule has 0 fully saturated rings. The summed E-state index contributed by atoms with van der Waals surface area (Å²) in [7, 11) is 2.16. The zero-order chi connectivity index (χ0) is 48.8. The highest BCUT2D eigenvalue weighted by atomic mass is 35.5. The van der Waals surface area contributed by atoms with Crippen LogP contribution in [0.1, 0.15) is 322 Å². The van der Waals surface area contributed by atoms with E-state index < -0.39 is 0 Å². The Morgan fingerprint density at radius 2 is 0.855 bits per heavy atom. The molecule has 0 amide bonds. The number of unbranched alkanes of at least 4 members (excludes halogenated alkanes) is 31. The largest absolute Gasteiger partial charge is 0.338 e. The Labute approximate surface area is 439 Å². The molecule has 2 atom stereocenters. The van der Waals surface area contributed by atoms with Gasteiger partial charge in [-0.1, -0.05) is 322 Å². The minimum Gasteiger partial charge on any atom is -0.338 e. The Balaban J connectivity index is 0.0000238. The molecule has 2 rings (SSSR count). The van der Waals surface area contributed by atoms with Crippen LogP contribution in [0.4, 0.5) is 0 Å². The van der Waals surface area contributed by atoms with Crippen LogP contribution in [0.25, 0.3) is 0 Å². The lowest BCUT2D eigenvalue weighted by Gasteiger charge is -2.33. The van der Waals surface area contributed by atoms with Gasteiger partial charge < -0.3 is 4.57 Å². The molecular weight excluding hydrogens is 858 g/mol.